The Morgan fingerprint density at radius 2 is 0.833 bits per heavy atom. The number of benzene rings is 3. The topological polar surface area (TPSA) is 17.1 Å². The summed E-state index contributed by atoms with van der Waals surface area (Å²) in [5.74, 6) is 0.183. The van der Waals surface area contributed by atoms with E-state index in [1.54, 1.807) is 6.92 Å². The molecule has 0 spiro atoms. The molecule has 0 aliphatic rings. The summed E-state index contributed by atoms with van der Waals surface area (Å²) in [6.45, 7) is 20.6. The molecule has 0 aliphatic heterocycles. The molecule has 0 N–H and O–H groups in total. The Labute approximate surface area is 223 Å². The van der Waals surface area contributed by atoms with Gasteiger partial charge in [0.05, 0.1) is 0 Å². The Bertz CT molecular complexity index is 1030. The first-order chi connectivity index (χ1) is 16.8. The molecule has 0 amide bonds. The summed E-state index contributed by atoms with van der Waals surface area (Å²) in [6, 6.07) is 32.6. The Kier molecular flexibility index (Phi) is 8.76. The number of ketones is 1. The second-order valence-electron chi connectivity index (χ2n) is 12.6. The second-order valence-corrected chi connectivity index (χ2v) is 24.7. The summed E-state index contributed by atoms with van der Waals surface area (Å²) in [4.78, 5) is 13.2. The third kappa shape index (κ3) is 6.59. The Morgan fingerprint density at radius 1 is 0.583 bits per heavy atom. The SMILES string of the molecule is C=[C](C(C)=O)[Sn]([CH2]C(C)(C)c1ccccc1)([CH2]C(C)(C)c1ccccc1)[CH2]C(C)(C)c1ccccc1. The van der Waals surface area contributed by atoms with Crippen LogP contribution in [0.3, 0.4) is 0 Å². The van der Waals surface area contributed by atoms with Gasteiger partial charge in [0.1, 0.15) is 0 Å². The first-order valence-corrected chi connectivity index (χ1v) is 20.6. The van der Waals surface area contributed by atoms with Crippen LogP contribution < -0.4 is 0 Å². The molecule has 36 heavy (non-hydrogen) atoms. The van der Waals surface area contributed by atoms with Crippen molar-refractivity contribution in [2.45, 2.75) is 78.0 Å². The zero-order chi connectivity index (χ0) is 26.6. The summed E-state index contributed by atoms with van der Waals surface area (Å²) < 4.78 is 4.12. The van der Waals surface area contributed by atoms with E-state index in [0.717, 1.165) is 16.9 Å². The van der Waals surface area contributed by atoms with E-state index in [0.29, 0.717) is 0 Å². The van der Waals surface area contributed by atoms with E-state index in [4.69, 9.17) is 0 Å². The zero-order valence-electron chi connectivity index (χ0n) is 23.4. The van der Waals surface area contributed by atoms with Crippen LogP contribution in [0.15, 0.2) is 101 Å². The van der Waals surface area contributed by atoms with Crippen molar-refractivity contribution < 1.29 is 4.79 Å². The molecule has 3 aromatic carbocycles. The van der Waals surface area contributed by atoms with E-state index in [2.05, 4.69) is 139 Å². The number of carbonyl (C=O) groups excluding carboxylic acids is 1. The molecule has 0 atom stereocenters. The zero-order valence-corrected chi connectivity index (χ0v) is 26.3. The van der Waals surface area contributed by atoms with Crippen molar-refractivity contribution in [3.05, 3.63) is 118 Å². The fraction of sp³-hybridized carbons (Fsp3) is 0.382. The Hall–Kier alpha value is -2.13. The van der Waals surface area contributed by atoms with E-state index in [-0.39, 0.29) is 22.0 Å². The first kappa shape index (κ1) is 28.4. The molecule has 2 heteroatoms. The number of Topliss-reactive ketones (excluding diaryl/α,β-unsaturated/α-hetero) is 1. The molecule has 0 aliphatic carbocycles. The van der Waals surface area contributed by atoms with Gasteiger partial charge >= 0.3 is 225 Å². The maximum absolute atomic E-state index is 13.2. The minimum absolute atomic E-state index is 0.0464. The van der Waals surface area contributed by atoms with Gasteiger partial charge in [-0.25, -0.2) is 0 Å². The number of rotatable bonds is 11. The van der Waals surface area contributed by atoms with Crippen LogP contribution in [0, 0.1) is 0 Å². The molecule has 3 rings (SSSR count). The molecule has 0 heterocycles. The summed E-state index contributed by atoms with van der Waals surface area (Å²) in [6.07, 6.45) is 0. The molecule has 0 fully saturated rings. The van der Waals surface area contributed by atoms with Crippen molar-refractivity contribution in [2.24, 2.45) is 0 Å². The van der Waals surface area contributed by atoms with Gasteiger partial charge < -0.3 is 0 Å². The van der Waals surface area contributed by atoms with Crippen molar-refractivity contribution in [3.8, 4) is 0 Å². The minimum atomic E-state index is -3.52. The Morgan fingerprint density at radius 3 is 1.06 bits per heavy atom. The third-order valence-electron chi connectivity index (χ3n) is 8.07. The van der Waals surface area contributed by atoms with Gasteiger partial charge in [0, 0.05) is 0 Å². The van der Waals surface area contributed by atoms with Crippen LogP contribution in [-0.4, -0.2) is 24.2 Å². The molecule has 0 radical (unpaired) electrons. The van der Waals surface area contributed by atoms with E-state index in [1.807, 2.05) is 0 Å². The average molecular weight is 587 g/mol. The predicted molar refractivity (Wildman–Crippen MR) is 158 cm³/mol. The standard InChI is InChI=1S/3C10H13.C4H5O.Sn/c3*1-10(2,3)9-7-5-4-6-8-9;1-3-4(2)5;/h3*4-8H,1H2,2-3H3;1H2,2H3;. The van der Waals surface area contributed by atoms with Crippen molar-refractivity contribution >= 4 is 24.2 Å². The maximum atomic E-state index is 13.2. The van der Waals surface area contributed by atoms with Gasteiger partial charge in [-0.15, -0.1) is 0 Å². The number of hydrogen-bond donors (Lipinski definition) is 0. The molecule has 0 unspecified atom stereocenters. The quantitative estimate of drug-likeness (QED) is 0.162. The molecule has 0 bridgehead atoms. The first-order valence-electron chi connectivity index (χ1n) is 13.2. The van der Waals surface area contributed by atoms with Crippen LogP contribution in [0.1, 0.15) is 65.2 Å². The molecule has 0 aromatic heterocycles. The van der Waals surface area contributed by atoms with Crippen molar-refractivity contribution in [1.82, 2.24) is 0 Å². The predicted octanol–water partition coefficient (Wildman–Crippen LogP) is 9.05. The van der Waals surface area contributed by atoms with Crippen LogP contribution >= 0.6 is 0 Å². The summed E-state index contributed by atoms with van der Waals surface area (Å²) in [5, 5.41) is 0. The second kappa shape index (κ2) is 11.1. The van der Waals surface area contributed by atoms with Gasteiger partial charge in [0.25, 0.3) is 0 Å². The molecule has 3 aromatic rings. The number of carbonyl (C=O) groups is 1. The summed E-state index contributed by atoms with van der Waals surface area (Å²) >= 11 is -3.52. The summed E-state index contributed by atoms with van der Waals surface area (Å²) in [5.41, 5.74) is 3.90. The van der Waals surface area contributed by atoms with Crippen LogP contribution in [-0.2, 0) is 21.0 Å². The van der Waals surface area contributed by atoms with Crippen LogP contribution in [0.4, 0.5) is 0 Å². The van der Waals surface area contributed by atoms with Gasteiger partial charge in [-0.1, -0.05) is 0 Å². The van der Waals surface area contributed by atoms with E-state index in [1.165, 1.54) is 16.7 Å². The Balaban J connectivity index is 2.19. The number of allylic oxidation sites excluding steroid dienone is 1. The van der Waals surface area contributed by atoms with Gasteiger partial charge in [-0.3, -0.25) is 0 Å². The van der Waals surface area contributed by atoms with Crippen LogP contribution in [0.5, 0.6) is 0 Å². The fourth-order valence-electron chi connectivity index (χ4n) is 6.39. The van der Waals surface area contributed by atoms with Crippen LogP contribution in [0.25, 0.3) is 0 Å². The van der Waals surface area contributed by atoms with Gasteiger partial charge in [-0.05, 0) is 0 Å². The monoisotopic (exact) mass is 588 g/mol. The van der Waals surface area contributed by atoms with E-state index >= 15 is 0 Å². The van der Waals surface area contributed by atoms with Gasteiger partial charge in [0.15, 0.2) is 0 Å². The van der Waals surface area contributed by atoms with Gasteiger partial charge in [0.2, 0.25) is 0 Å². The van der Waals surface area contributed by atoms with Crippen molar-refractivity contribution in [1.29, 1.82) is 0 Å². The summed E-state index contributed by atoms with van der Waals surface area (Å²) in [7, 11) is 0. The average Bonchev–Trinajstić information content (AvgIpc) is 2.84. The molecular formula is C34H44OSn. The molecule has 190 valence electrons. The van der Waals surface area contributed by atoms with Gasteiger partial charge in [-0.2, -0.15) is 0 Å². The normalized spacial score (nSPS) is 12.9. The van der Waals surface area contributed by atoms with Crippen molar-refractivity contribution in [2.75, 3.05) is 0 Å². The molecular weight excluding hydrogens is 543 g/mol. The van der Waals surface area contributed by atoms with E-state index in [9.17, 15) is 4.79 Å². The molecule has 0 saturated carbocycles. The molecule has 1 nitrogen and oxygen atoms in total. The molecule has 0 saturated heterocycles. The van der Waals surface area contributed by atoms with Crippen LogP contribution in [0.2, 0.25) is 13.3 Å². The fourth-order valence-corrected chi connectivity index (χ4v) is 27.7. The third-order valence-corrected chi connectivity index (χ3v) is 26.1. The number of hydrogen-bond acceptors (Lipinski definition) is 1. The van der Waals surface area contributed by atoms with Crippen molar-refractivity contribution in [3.63, 3.8) is 0 Å². The van der Waals surface area contributed by atoms with E-state index < -0.39 is 18.4 Å².